The lowest BCUT2D eigenvalue weighted by molar-refractivity contribution is 0.361. The molecular formula is C48H33NO2. The van der Waals surface area contributed by atoms with Gasteiger partial charge in [-0.05, 0) is 74.5 Å². The lowest BCUT2D eigenvalue weighted by Crippen LogP contribution is -2.15. The van der Waals surface area contributed by atoms with Crippen LogP contribution in [0.15, 0.2) is 164 Å². The maximum atomic E-state index is 7.03. The van der Waals surface area contributed by atoms with E-state index >= 15 is 0 Å². The molecule has 0 saturated heterocycles. The number of rotatable bonds is 4. The van der Waals surface area contributed by atoms with Crippen molar-refractivity contribution in [3.63, 3.8) is 0 Å². The third kappa shape index (κ3) is 4.69. The highest BCUT2D eigenvalue weighted by molar-refractivity contribution is 5.93. The molecule has 7 aromatic carbocycles. The summed E-state index contributed by atoms with van der Waals surface area (Å²) in [6, 6.07) is 57.5. The second-order valence-corrected chi connectivity index (χ2v) is 13.9. The summed E-state index contributed by atoms with van der Waals surface area (Å²) in [5.74, 6) is 2.91. The molecule has 8 aromatic rings. The molecule has 0 spiro atoms. The summed E-state index contributed by atoms with van der Waals surface area (Å²) in [4.78, 5) is 5.31. The monoisotopic (exact) mass is 655 g/mol. The van der Waals surface area contributed by atoms with Gasteiger partial charge in [0.2, 0.25) is 0 Å². The van der Waals surface area contributed by atoms with Gasteiger partial charge in [-0.3, -0.25) is 0 Å². The topological polar surface area (TPSA) is 31.4 Å². The fourth-order valence-corrected chi connectivity index (χ4v) is 7.96. The number of nitrogens with zero attached hydrogens (tertiary/aromatic N) is 1. The van der Waals surface area contributed by atoms with E-state index in [2.05, 4.69) is 159 Å². The smallest absolute Gasteiger partial charge is 0.178 e. The molecule has 0 atom stereocenters. The highest BCUT2D eigenvalue weighted by Gasteiger charge is 2.40. The van der Waals surface area contributed by atoms with Crippen LogP contribution in [0.25, 0.3) is 66.7 Å². The zero-order chi connectivity index (χ0) is 34.1. The van der Waals surface area contributed by atoms with Crippen molar-refractivity contribution in [2.75, 3.05) is 0 Å². The van der Waals surface area contributed by atoms with Crippen molar-refractivity contribution in [1.29, 1.82) is 0 Å². The van der Waals surface area contributed by atoms with E-state index in [4.69, 9.17) is 14.5 Å². The van der Waals surface area contributed by atoms with Gasteiger partial charge in [0.1, 0.15) is 0 Å². The summed E-state index contributed by atoms with van der Waals surface area (Å²) in [5, 5.41) is 2.43. The molecule has 3 nitrogen and oxygen atoms in total. The van der Waals surface area contributed by atoms with Crippen LogP contribution in [-0.4, -0.2) is 4.98 Å². The van der Waals surface area contributed by atoms with Crippen LogP contribution in [0.1, 0.15) is 25.0 Å². The predicted octanol–water partition coefficient (Wildman–Crippen LogP) is 13.1. The molecular weight excluding hydrogens is 623 g/mol. The number of pyridine rings is 1. The van der Waals surface area contributed by atoms with E-state index in [1.54, 1.807) is 0 Å². The number of ether oxygens (including phenoxy) is 2. The van der Waals surface area contributed by atoms with E-state index < -0.39 is 0 Å². The standard InChI is InChI=1S/C48H33NO2/c1-48(2)39-21-11-10-19-38(39)45-40(48)25-26-44-47(45)51-46-37(20-12-22-43(46)50-44)35-17-8-9-18-36(35)42-29-34(28-41(49-42)31-14-4-3-5-15-31)33-24-23-30-13-6-7-16-32(30)27-33/h3-29H,1-2H3. The Morgan fingerprint density at radius 3 is 1.96 bits per heavy atom. The van der Waals surface area contributed by atoms with Crippen LogP contribution in [0.5, 0.6) is 23.0 Å². The van der Waals surface area contributed by atoms with E-state index in [9.17, 15) is 0 Å². The second-order valence-electron chi connectivity index (χ2n) is 13.9. The molecule has 0 fully saturated rings. The molecule has 2 heterocycles. The highest BCUT2D eigenvalue weighted by Crippen LogP contribution is 2.59. The molecule has 0 N–H and O–H groups in total. The average molecular weight is 656 g/mol. The highest BCUT2D eigenvalue weighted by atomic mass is 16.6. The first kappa shape index (κ1) is 29.5. The van der Waals surface area contributed by atoms with Gasteiger partial charge in [-0.2, -0.15) is 0 Å². The molecule has 2 aliphatic rings. The summed E-state index contributed by atoms with van der Waals surface area (Å²) >= 11 is 0. The molecule has 242 valence electrons. The number of para-hydroxylation sites is 1. The van der Waals surface area contributed by atoms with Gasteiger partial charge in [-0.25, -0.2) is 4.98 Å². The first-order valence-electron chi connectivity index (χ1n) is 17.5. The fourth-order valence-electron chi connectivity index (χ4n) is 7.96. The Hall–Kier alpha value is -6.45. The Morgan fingerprint density at radius 2 is 1.10 bits per heavy atom. The van der Waals surface area contributed by atoms with Crippen LogP contribution in [0, 0.1) is 0 Å². The minimum Gasteiger partial charge on any atom is -0.449 e. The van der Waals surface area contributed by atoms with Crippen molar-refractivity contribution in [2.45, 2.75) is 19.3 Å². The zero-order valence-corrected chi connectivity index (χ0v) is 28.4. The van der Waals surface area contributed by atoms with E-state index in [0.717, 1.165) is 61.8 Å². The molecule has 1 aliphatic carbocycles. The molecule has 0 unspecified atom stereocenters. The van der Waals surface area contributed by atoms with Gasteiger partial charge < -0.3 is 9.47 Å². The summed E-state index contributed by atoms with van der Waals surface area (Å²) < 4.78 is 13.7. The van der Waals surface area contributed by atoms with E-state index in [-0.39, 0.29) is 5.41 Å². The third-order valence-corrected chi connectivity index (χ3v) is 10.5. The molecule has 0 amide bonds. The van der Waals surface area contributed by atoms with Crippen LogP contribution in [0.3, 0.4) is 0 Å². The molecule has 0 radical (unpaired) electrons. The van der Waals surface area contributed by atoms with Crippen molar-refractivity contribution < 1.29 is 9.47 Å². The van der Waals surface area contributed by atoms with Gasteiger partial charge >= 0.3 is 0 Å². The SMILES string of the molecule is CC1(C)c2ccccc2-c2c1ccc1c2Oc2c(cccc2-c2ccccc2-c2cc(-c3ccc4ccccc4c3)cc(-c3ccccc3)n2)O1. The minimum atomic E-state index is -0.144. The van der Waals surface area contributed by atoms with Crippen LogP contribution >= 0.6 is 0 Å². The van der Waals surface area contributed by atoms with Crippen molar-refractivity contribution >= 4 is 10.8 Å². The van der Waals surface area contributed by atoms with Crippen molar-refractivity contribution in [1.82, 2.24) is 4.98 Å². The van der Waals surface area contributed by atoms with E-state index in [0.29, 0.717) is 11.5 Å². The van der Waals surface area contributed by atoms with Crippen molar-refractivity contribution in [2.24, 2.45) is 0 Å². The zero-order valence-electron chi connectivity index (χ0n) is 28.4. The van der Waals surface area contributed by atoms with Gasteiger partial charge in [-0.15, -0.1) is 0 Å². The molecule has 3 heteroatoms. The van der Waals surface area contributed by atoms with Gasteiger partial charge in [0.15, 0.2) is 23.0 Å². The lowest BCUT2D eigenvalue weighted by Gasteiger charge is -2.27. The number of benzene rings is 7. The summed E-state index contributed by atoms with van der Waals surface area (Å²) in [7, 11) is 0. The van der Waals surface area contributed by atoms with Crippen LogP contribution in [0.2, 0.25) is 0 Å². The van der Waals surface area contributed by atoms with E-state index in [1.807, 2.05) is 18.2 Å². The Balaban J connectivity index is 1.14. The van der Waals surface area contributed by atoms with Gasteiger partial charge in [0, 0.05) is 27.7 Å². The molecule has 0 saturated carbocycles. The molecule has 10 rings (SSSR count). The van der Waals surface area contributed by atoms with E-state index in [1.165, 1.54) is 27.5 Å². The second kappa shape index (κ2) is 11.3. The molecule has 0 bridgehead atoms. The summed E-state index contributed by atoms with van der Waals surface area (Å²) in [5.41, 5.74) is 12.8. The molecule has 1 aliphatic heterocycles. The van der Waals surface area contributed by atoms with Gasteiger partial charge in [0.25, 0.3) is 0 Å². The number of hydrogen-bond donors (Lipinski definition) is 0. The molecule has 51 heavy (non-hydrogen) atoms. The Bertz CT molecular complexity index is 2670. The maximum Gasteiger partial charge on any atom is 0.178 e. The van der Waals surface area contributed by atoms with Gasteiger partial charge in [0.05, 0.1) is 11.4 Å². The average Bonchev–Trinajstić information content (AvgIpc) is 3.43. The van der Waals surface area contributed by atoms with Crippen LogP contribution in [-0.2, 0) is 5.41 Å². The Labute approximate surface area is 297 Å². The third-order valence-electron chi connectivity index (χ3n) is 10.5. The normalized spacial score (nSPS) is 13.4. The number of hydrogen-bond acceptors (Lipinski definition) is 3. The van der Waals surface area contributed by atoms with Crippen LogP contribution in [0.4, 0.5) is 0 Å². The van der Waals surface area contributed by atoms with Crippen LogP contribution < -0.4 is 9.47 Å². The van der Waals surface area contributed by atoms with Crippen molar-refractivity contribution in [3.05, 3.63) is 175 Å². The lowest BCUT2D eigenvalue weighted by atomic mass is 9.82. The summed E-state index contributed by atoms with van der Waals surface area (Å²) in [6.07, 6.45) is 0. The minimum absolute atomic E-state index is 0.144. The first-order chi connectivity index (χ1) is 25.0. The van der Waals surface area contributed by atoms with Crippen molar-refractivity contribution in [3.8, 4) is 78.9 Å². The quantitative estimate of drug-likeness (QED) is 0.189. The summed E-state index contributed by atoms with van der Waals surface area (Å²) in [6.45, 7) is 4.57. The predicted molar refractivity (Wildman–Crippen MR) is 208 cm³/mol. The number of fused-ring (bicyclic) bond motifs is 7. The Kier molecular flexibility index (Phi) is 6.53. The molecule has 1 aromatic heterocycles. The number of aromatic nitrogens is 1. The largest absolute Gasteiger partial charge is 0.449 e. The first-order valence-corrected chi connectivity index (χ1v) is 17.5. The van der Waals surface area contributed by atoms with Gasteiger partial charge in [-0.1, -0.05) is 147 Å². The Morgan fingerprint density at radius 1 is 0.412 bits per heavy atom. The fraction of sp³-hybridized carbons (Fsp3) is 0.0625. The maximum absolute atomic E-state index is 7.03.